The molecular formula is C27H34N2O6. The van der Waals surface area contributed by atoms with Gasteiger partial charge in [0.25, 0.3) is 0 Å². The van der Waals surface area contributed by atoms with Crippen LogP contribution in [0.4, 0.5) is 4.79 Å². The van der Waals surface area contributed by atoms with Crippen LogP contribution in [0.5, 0.6) is 11.5 Å². The van der Waals surface area contributed by atoms with Crippen LogP contribution in [-0.4, -0.2) is 50.5 Å². The average molecular weight is 483 g/mol. The number of carbonyl (C=O) groups excluding carboxylic acids is 2. The molecule has 0 aliphatic heterocycles. The van der Waals surface area contributed by atoms with Gasteiger partial charge < -0.3 is 29.6 Å². The second-order valence-corrected chi connectivity index (χ2v) is 8.10. The predicted molar refractivity (Wildman–Crippen MR) is 133 cm³/mol. The smallest absolute Gasteiger partial charge is 0.408 e. The van der Waals surface area contributed by atoms with Crippen LogP contribution in [0.1, 0.15) is 31.9 Å². The van der Waals surface area contributed by atoms with Gasteiger partial charge in [-0.3, -0.25) is 4.79 Å². The Balaban J connectivity index is 1.99. The Labute approximate surface area is 207 Å². The molecule has 2 rings (SSSR count). The van der Waals surface area contributed by atoms with Crippen LogP contribution >= 0.6 is 0 Å². The molecular weight excluding hydrogens is 448 g/mol. The maximum atomic E-state index is 13.0. The van der Waals surface area contributed by atoms with Crippen LogP contribution in [0.25, 0.3) is 0 Å². The summed E-state index contributed by atoms with van der Waals surface area (Å²) in [4.78, 5) is 25.2. The minimum Gasteiger partial charge on any atom is -0.493 e. The van der Waals surface area contributed by atoms with Crippen molar-refractivity contribution in [1.29, 1.82) is 0 Å². The van der Waals surface area contributed by atoms with Gasteiger partial charge in [0.1, 0.15) is 12.6 Å². The monoisotopic (exact) mass is 482 g/mol. The molecule has 0 aliphatic rings. The van der Waals surface area contributed by atoms with Gasteiger partial charge >= 0.3 is 6.09 Å². The van der Waals surface area contributed by atoms with Gasteiger partial charge in [0.15, 0.2) is 11.5 Å². The fourth-order valence-corrected chi connectivity index (χ4v) is 3.22. The van der Waals surface area contributed by atoms with E-state index >= 15 is 0 Å². The van der Waals surface area contributed by atoms with Gasteiger partial charge in [-0.25, -0.2) is 4.79 Å². The van der Waals surface area contributed by atoms with E-state index in [0.717, 1.165) is 11.1 Å². The number of ether oxygens (including phenoxy) is 4. The summed E-state index contributed by atoms with van der Waals surface area (Å²) in [7, 11) is 1.55. The zero-order chi connectivity index (χ0) is 25.6. The lowest BCUT2D eigenvalue weighted by molar-refractivity contribution is -0.127. The molecule has 2 amide bonds. The van der Waals surface area contributed by atoms with E-state index in [-0.39, 0.29) is 18.6 Å². The van der Waals surface area contributed by atoms with E-state index < -0.39 is 18.2 Å². The van der Waals surface area contributed by atoms with E-state index in [4.69, 9.17) is 25.4 Å². The summed E-state index contributed by atoms with van der Waals surface area (Å²) in [5.41, 5.74) is 1.90. The summed E-state index contributed by atoms with van der Waals surface area (Å²) in [6, 6.07) is 14.2. The van der Waals surface area contributed by atoms with Crippen LogP contribution in [0.2, 0.25) is 0 Å². The number of benzene rings is 2. The molecule has 0 aromatic heterocycles. The number of alkyl carbamates (subject to hydrolysis) is 1. The molecule has 0 aliphatic carbocycles. The number of methoxy groups -OCH3 is 1. The summed E-state index contributed by atoms with van der Waals surface area (Å²) in [5, 5.41) is 5.49. The Morgan fingerprint density at radius 2 is 1.77 bits per heavy atom. The van der Waals surface area contributed by atoms with Crippen molar-refractivity contribution in [1.82, 2.24) is 10.6 Å². The number of rotatable bonds is 13. The average Bonchev–Trinajstić information content (AvgIpc) is 2.85. The number of terminal acetylenes is 1. The van der Waals surface area contributed by atoms with Crippen molar-refractivity contribution in [2.75, 3.05) is 20.3 Å². The molecule has 0 saturated carbocycles. The highest BCUT2D eigenvalue weighted by molar-refractivity contribution is 5.86. The third-order valence-electron chi connectivity index (χ3n) is 4.98. The highest BCUT2D eigenvalue weighted by atomic mass is 16.6. The molecule has 2 aromatic carbocycles. The Morgan fingerprint density at radius 3 is 2.43 bits per heavy atom. The molecule has 0 heterocycles. The van der Waals surface area contributed by atoms with E-state index in [2.05, 4.69) is 16.6 Å². The van der Waals surface area contributed by atoms with Gasteiger partial charge in [-0.15, -0.1) is 6.42 Å². The fourth-order valence-electron chi connectivity index (χ4n) is 3.22. The molecule has 8 nitrogen and oxygen atoms in total. The van der Waals surface area contributed by atoms with Crippen molar-refractivity contribution in [3.63, 3.8) is 0 Å². The van der Waals surface area contributed by atoms with Crippen molar-refractivity contribution < 1.29 is 28.5 Å². The molecule has 0 radical (unpaired) electrons. The second-order valence-electron chi connectivity index (χ2n) is 8.10. The Bertz CT molecular complexity index is 987. The predicted octanol–water partition coefficient (Wildman–Crippen LogP) is 3.47. The number of amides is 2. The Hall–Kier alpha value is -3.70. The van der Waals surface area contributed by atoms with Crippen molar-refractivity contribution >= 4 is 12.0 Å². The number of hydrogen-bond donors (Lipinski definition) is 2. The van der Waals surface area contributed by atoms with Gasteiger partial charge in [0.05, 0.1) is 25.9 Å². The summed E-state index contributed by atoms with van der Waals surface area (Å²) in [6.07, 6.45) is 4.19. The normalized spacial score (nSPS) is 12.2. The molecule has 2 aromatic rings. The summed E-state index contributed by atoms with van der Waals surface area (Å²) < 4.78 is 21.9. The SMILES string of the molecule is C#CCOc1ccc(CCNC(=O)[C@@H](NC(=O)OC(C)C)[C@@H](C)OCc2ccccc2)cc1OC. The minimum absolute atomic E-state index is 0.143. The van der Waals surface area contributed by atoms with Gasteiger partial charge in [-0.05, 0) is 50.5 Å². The molecule has 0 bridgehead atoms. The van der Waals surface area contributed by atoms with E-state index in [9.17, 15) is 9.59 Å². The van der Waals surface area contributed by atoms with Crippen molar-refractivity contribution in [2.24, 2.45) is 0 Å². The Kier molecular flexibility index (Phi) is 11.4. The molecule has 2 N–H and O–H groups in total. The third-order valence-corrected chi connectivity index (χ3v) is 4.98. The first kappa shape index (κ1) is 27.5. The summed E-state index contributed by atoms with van der Waals surface area (Å²) >= 11 is 0. The standard InChI is InChI=1S/C27H34N2O6/c1-6-16-33-23-13-12-21(17-24(23)32-5)14-15-28-26(30)25(29-27(31)35-19(2)3)20(4)34-18-22-10-8-7-9-11-22/h1,7-13,17,19-20,25H,14-16,18H2,2-5H3,(H,28,30)(H,29,31)/t20-,25+/m1/s1. The number of nitrogens with one attached hydrogen (secondary N) is 2. The maximum Gasteiger partial charge on any atom is 0.408 e. The van der Waals surface area contributed by atoms with Gasteiger partial charge in [0, 0.05) is 6.54 Å². The number of carbonyl (C=O) groups is 2. The van der Waals surface area contributed by atoms with Gasteiger partial charge in [-0.2, -0.15) is 0 Å². The molecule has 0 unspecified atom stereocenters. The molecule has 0 fully saturated rings. The van der Waals surface area contributed by atoms with Gasteiger partial charge in [-0.1, -0.05) is 42.3 Å². The van der Waals surface area contributed by atoms with E-state index in [1.807, 2.05) is 42.5 Å². The lowest BCUT2D eigenvalue weighted by atomic mass is 10.1. The zero-order valence-corrected chi connectivity index (χ0v) is 20.7. The molecule has 0 saturated heterocycles. The molecule has 0 spiro atoms. The quantitative estimate of drug-likeness (QED) is 0.425. The molecule has 188 valence electrons. The van der Waals surface area contributed by atoms with Crippen LogP contribution in [-0.2, 0) is 27.3 Å². The molecule has 8 heteroatoms. The first-order valence-corrected chi connectivity index (χ1v) is 11.5. The lowest BCUT2D eigenvalue weighted by Gasteiger charge is -2.25. The van der Waals surface area contributed by atoms with Crippen LogP contribution in [0.15, 0.2) is 48.5 Å². The highest BCUT2D eigenvalue weighted by Crippen LogP contribution is 2.28. The van der Waals surface area contributed by atoms with E-state index in [1.54, 1.807) is 33.9 Å². The van der Waals surface area contributed by atoms with E-state index in [1.165, 1.54) is 0 Å². The Morgan fingerprint density at radius 1 is 1.03 bits per heavy atom. The number of hydrogen-bond acceptors (Lipinski definition) is 6. The van der Waals surface area contributed by atoms with Gasteiger partial charge in [0.2, 0.25) is 5.91 Å². The third kappa shape index (κ3) is 9.59. The molecule has 35 heavy (non-hydrogen) atoms. The second kappa shape index (κ2) is 14.5. The first-order valence-electron chi connectivity index (χ1n) is 11.5. The molecule has 2 atom stereocenters. The van der Waals surface area contributed by atoms with Crippen molar-refractivity contribution in [2.45, 2.75) is 52.0 Å². The largest absolute Gasteiger partial charge is 0.493 e. The zero-order valence-electron chi connectivity index (χ0n) is 20.7. The summed E-state index contributed by atoms with van der Waals surface area (Å²) in [6.45, 7) is 6.00. The van der Waals surface area contributed by atoms with Crippen LogP contribution in [0.3, 0.4) is 0 Å². The van der Waals surface area contributed by atoms with Crippen LogP contribution in [0, 0.1) is 12.3 Å². The highest BCUT2D eigenvalue weighted by Gasteiger charge is 2.28. The topological polar surface area (TPSA) is 95.1 Å². The first-order chi connectivity index (χ1) is 16.8. The van der Waals surface area contributed by atoms with Crippen LogP contribution < -0.4 is 20.1 Å². The fraction of sp³-hybridized carbons (Fsp3) is 0.407. The maximum absolute atomic E-state index is 13.0. The minimum atomic E-state index is -0.931. The van der Waals surface area contributed by atoms with E-state index in [0.29, 0.717) is 31.1 Å². The van der Waals surface area contributed by atoms with Crippen molar-refractivity contribution in [3.8, 4) is 23.8 Å². The van der Waals surface area contributed by atoms with Crippen molar-refractivity contribution in [3.05, 3.63) is 59.7 Å². The lowest BCUT2D eigenvalue weighted by Crippen LogP contribution is -2.53. The summed E-state index contributed by atoms with van der Waals surface area (Å²) in [5.74, 6) is 3.16.